The van der Waals surface area contributed by atoms with E-state index < -0.39 is 11.9 Å². The second-order valence-corrected chi connectivity index (χ2v) is 15.2. The molecule has 0 saturated carbocycles. The second-order valence-electron chi connectivity index (χ2n) is 15.2. The molecule has 0 spiro atoms. The number of amides is 4. The number of anilines is 2. The maximum absolute atomic E-state index is 13.1. The molecule has 6 aromatic rings. The number of benzene rings is 4. The molecule has 0 unspecified atom stereocenters. The molecular weight excluding hydrogens is 805 g/mol. The lowest BCUT2D eigenvalue weighted by Crippen LogP contribution is -2.33. The van der Waals surface area contributed by atoms with Crippen molar-refractivity contribution in [3.63, 3.8) is 0 Å². The number of aliphatic hydroxyl groups excluding tert-OH is 1. The number of pyridine rings is 2. The molecule has 2 aliphatic heterocycles. The molecular formula is C48H48N6O9. The first-order valence-electron chi connectivity index (χ1n) is 20.8. The Bertz CT molecular complexity index is 2620. The molecule has 8 rings (SSSR count). The third-order valence-electron chi connectivity index (χ3n) is 11.2. The number of rotatable bonds is 12. The summed E-state index contributed by atoms with van der Waals surface area (Å²) in [4.78, 5) is 71.5. The number of carboxylic acid groups (broad SMARTS) is 1. The second kappa shape index (κ2) is 21.1. The van der Waals surface area contributed by atoms with Crippen LogP contribution in [-0.4, -0.2) is 89.3 Å². The van der Waals surface area contributed by atoms with Gasteiger partial charge in [-0.3, -0.25) is 19.2 Å². The fourth-order valence-corrected chi connectivity index (χ4v) is 7.68. The maximum atomic E-state index is 13.1. The summed E-state index contributed by atoms with van der Waals surface area (Å²) in [5.74, 6) is -1.80. The number of carbonyl (C=O) groups excluding carboxylic acids is 4. The van der Waals surface area contributed by atoms with E-state index in [0.717, 1.165) is 42.0 Å². The van der Waals surface area contributed by atoms with Crippen molar-refractivity contribution in [3.8, 4) is 0 Å². The molecule has 2 saturated heterocycles. The van der Waals surface area contributed by atoms with Gasteiger partial charge in [0.05, 0.1) is 23.5 Å². The first kappa shape index (κ1) is 44.0. The fourth-order valence-electron chi connectivity index (χ4n) is 7.68. The van der Waals surface area contributed by atoms with Crippen LogP contribution in [0.5, 0.6) is 0 Å². The van der Waals surface area contributed by atoms with Crippen LogP contribution in [0.2, 0.25) is 0 Å². The van der Waals surface area contributed by atoms with Crippen molar-refractivity contribution in [1.82, 2.24) is 20.6 Å². The molecule has 0 bridgehead atoms. The van der Waals surface area contributed by atoms with Crippen LogP contribution in [-0.2, 0) is 16.1 Å². The summed E-state index contributed by atoms with van der Waals surface area (Å²) in [6.45, 7) is 3.79. The highest BCUT2D eigenvalue weighted by Gasteiger charge is 2.22. The van der Waals surface area contributed by atoms with Crippen LogP contribution in [0.3, 0.4) is 0 Å². The van der Waals surface area contributed by atoms with Gasteiger partial charge in [-0.15, -0.1) is 0 Å². The number of nitrogens with one attached hydrogen (secondary N) is 4. The molecule has 324 valence electrons. The predicted molar refractivity (Wildman–Crippen MR) is 237 cm³/mol. The number of carboxylic acids is 1. The number of fused-ring (bicyclic) bond motifs is 2. The van der Waals surface area contributed by atoms with Crippen LogP contribution >= 0.6 is 0 Å². The molecule has 6 N–H and O–H groups in total. The van der Waals surface area contributed by atoms with E-state index in [4.69, 9.17) is 9.47 Å². The topological polar surface area (TPSA) is 218 Å². The zero-order valence-corrected chi connectivity index (χ0v) is 34.5. The molecule has 2 fully saturated rings. The number of ether oxygens (including phenoxy) is 2. The van der Waals surface area contributed by atoms with E-state index in [1.165, 1.54) is 24.5 Å². The Labute approximate surface area is 363 Å². The van der Waals surface area contributed by atoms with Crippen LogP contribution in [0.4, 0.5) is 11.4 Å². The lowest BCUT2D eigenvalue weighted by atomic mass is 9.99. The molecule has 63 heavy (non-hydrogen) atoms. The summed E-state index contributed by atoms with van der Waals surface area (Å²) in [5.41, 5.74) is 2.58. The van der Waals surface area contributed by atoms with E-state index in [-0.39, 0.29) is 47.0 Å². The van der Waals surface area contributed by atoms with Gasteiger partial charge in [0.1, 0.15) is 0 Å². The van der Waals surface area contributed by atoms with Crippen molar-refractivity contribution in [1.29, 1.82) is 0 Å². The molecule has 2 aromatic heterocycles. The Kier molecular flexibility index (Phi) is 14.8. The average Bonchev–Trinajstić information content (AvgIpc) is 3.32. The lowest BCUT2D eigenvalue weighted by Gasteiger charge is -2.22. The van der Waals surface area contributed by atoms with E-state index in [2.05, 4.69) is 31.2 Å². The van der Waals surface area contributed by atoms with Crippen molar-refractivity contribution in [2.24, 2.45) is 11.8 Å². The molecule has 0 atom stereocenters. The summed E-state index contributed by atoms with van der Waals surface area (Å²) in [6, 6.07) is 27.1. The van der Waals surface area contributed by atoms with Crippen molar-refractivity contribution in [2.75, 3.05) is 50.2 Å². The molecule has 0 radical (unpaired) electrons. The van der Waals surface area contributed by atoms with E-state index in [1.807, 2.05) is 24.3 Å². The monoisotopic (exact) mass is 852 g/mol. The quantitative estimate of drug-likeness (QED) is 0.0783. The molecule has 0 aliphatic carbocycles. The first-order valence-corrected chi connectivity index (χ1v) is 20.8. The third kappa shape index (κ3) is 10.9. The van der Waals surface area contributed by atoms with Crippen LogP contribution < -0.4 is 21.3 Å². The highest BCUT2D eigenvalue weighted by Crippen LogP contribution is 2.27. The van der Waals surface area contributed by atoms with Gasteiger partial charge in [0, 0.05) is 63.0 Å². The SMILES string of the molecule is O=C(NCC1CCOCC1)c1ncccc1NC(=O)c1ccc(C(=O)O)c2ccccc12.O=C(NCC1CCOCC1)c1ncccc1NC(=O)c1ccc(CO)c2ccccc12. The number of aliphatic hydroxyl groups is 1. The molecule has 4 amide bonds. The zero-order valence-electron chi connectivity index (χ0n) is 34.5. The largest absolute Gasteiger partial charge is 0.478 e. The fraction of sp³-hybridized carbons (Fsp3) is 0.271. The summed E-state index contributed by atoms with van der Waals surface area (Å²) < 4.78 is 10.7. The minimum absolute atomic E-state index is 0.109. The highest BCUT2D eigenvalue weighted by molar-refractivity contribution is 6.17. The predicted octanol–water partition coefficient (Wildman–Crippen LogP) is 6.48. The Morgan fingerprint density at radius 1 is 0.524 bits per heavy atom. The van der Waals surface area contributed by atoms with Crippen LogP contribution in [0.1, 0.15) is 83.3 Å². The zero-order chi connectivity index (χ0) is 44.1. The first-order chi connectivity index (χ1) is 30.7. The Balaban J connectivity index is 0.000000189. The van der Waals surface area contributed by atoms with Gasteiger partial charge in [-0.25, -0.2) is 14.8 Å². The average molecular weight is 853 g/mol. The summed E-state index contributed by atoms with van der Waals surface area (Å²) in [6.07, 6.45) is 6.66. The van der Waals surface area contributed by atoms with Crippen molar-refractivity contribution < 1.29 is 43.7 Å². The van der Waals surface area contributed by atoms with Crippen LogP contribution in [0.15, 0.2) is 109 Å². The summed E-state index contributed by atoms with van der Waals surface area (Å²) >= 11 is 0. The Morgan fingerprint density at radius 2 is 0.937 bits per heavy atom. The minimum Gasteiger partial charge on any atom is -0.478 e. The highest BCUT2D eigenvalue weighted by atomic mass is 16.5. The smallest absolute Gasteiger partial charge is 0.336 e. The van der Waals surface area contributed by atoms with Gasteiger partial charge in [-0.05, 0) is 107 Å². The number of carbonyl (C=O) groups is 5. The molecule has 4 aromatic carbocycles. The normalized spacial score (nSPS) is 14.2. The lowest BCUT2D eigenvalue weighted by molar-refractivity contribution is 0.0642. The van der Waals surface area contributed by atoms with Crippen LogP contribution in [0.25, 0.3) is 21.5 Å². The molecule has 15 nitrogen and oxygen atoms in total. The van der Waals surface area contributed by atoms with Gasteiger partial charge in [-0.2, -0.15) is 0 Å². The molecule has 2 aliphatic rings. The number of aromatic carboxylic acids is 1. The van der Waals surface area contributed by atoms with E-state index >= 15 is 0 Å². The number of aromatic nitrogens is 2. The Morgan fingerprint density at radius 3 is 1.40 bits per heavy atom. The summed E-state index contributed by atoms with van der Waals surface area (Å²) in [7, 11) is 0. The van der Waals surface area contributed by atoms with E-state index in [0.29, 0.717) is 78.9 Å². The summed E-state index contributed by atoms with van der Waals surface area (Å²) in [5, 5.41) is 33.0. The Hall–Kier alpha value is -7.07. The van der Waals surface area contributed by atoms with Gasteiger partial charge in [-0.1, -0.05) is 54.6 Å². The van der Waals surface area contributed by atoms with Crippen molar-refractivity contribution in [3.05, 3.63) is 143 Å². The number of hydrogen-bond acceptors (Lipinski definition) is 10. The maximum Gasteiger partial charge on any atom is 0.336 e. The molecule has 15 heteroatoms. The number of hydrogen-bond donors (Lipinski definition) is 6. The van der Waals surface area contributed by atoms with Crippen molar-refractivity contribution >= 4 is 62.5 Å². The van der Waals surface area contributed by atoms with Gasteiger partial charge < -0.3 is 41.0 Å². The van der Waals surface area contributed by atoms with Crippen molar-refractivity contribution in [2.45, 2.75) is 32.3 Å². The van der Waals surface area contributed by atoms with E-state index in [1.54, 1.807) is 60.7 Å². The van der Waals surface area contributed by atoms with Crippen LogP contribution in [0, 0.1) is 11.8 Å². The van der Waals surface area contributed by atoms with Gasteiger partial charge in [0.15, 0.2) is 11.4 Å². The van der Waals surface area contributed by atoms with Gasteiger partial charge in [0.25, 0.3) is 23.6 Å². The number of nitrogens with zero attached hydrogens (tertiary/aromatic N) is 2. The van der Waals surface area contributed by atoms with Gasteiger partial charge >= 0.3 is 5.97 Å². The van der Waals surface area contributed by atoms with E-state index in [9.17, 15) is 34.2 Å². The standard InChI is InChI=1S/C24H23N3O5.C24H25N3O4/c28-22(18-7-8-19(24(30)31)17-5-2-1-4-16(17)18)27-20-6-3-11-25-21(20)23(29)26-14-15-9-12-32-13-10-15;28-15-17-7-8-20(19-5-2-1-4-18(17)19)23(29)27-21-6-3-11-25-22(21)24(30)26-14-16-9-12-31-13-10-16/h1-8,11,15H,9-10,12-14H2,(H,26,29)(H,27,28)(H,30,31);1-8,11,16,28H,9-10,12-15H2,(H,26,30)(H,27,29). The minimum atomic E-state index is -1.07. The molecule has 4 heterocycles. The third-order valence-corrected chi connectivity index (χ3v) is 11.2. The van der Waals surface area contributed by atoms with Gasteiger partial charge in [0.2, 0.25) is 0 Å².